The minimum Gasteiger partial charge on any atom is -0.458 e. The Hall–Kier alpha value is -3.34. The number of rotatable bonds is 7. The van der Waals surface area contributed by atoms with Crippen LogP contribution in [0.25, 0.3) is 11.2 Å². The molecule has 266 valence electrons. The second-order valence-corrected chi connectivity index (χ2v) is 15.6. The van der Waals surface area contributed by atoms with Crippen molar-refractivity contribution < 1.29 is 33.4 Å². The van der Waals surface area contributed by atoms with Crippen molar-refractivity contribution >= 4 is 34.8 Å². The van der Waals surface area contributed by atoms with Gasteiger partial charge in [-0.2, -0.15) is 0 Å². The maximum absolute atomic E-state index is 14.4. The van der Waals surface area contributed by atoms with E-state index in [0.29, 0.717) is 32.4 Å². The van der Waals surface area contributed by atoms with Gasteiger partial charge in [-0.3, -0.25) is 14.4 Å². The molecular formula is C37H56N4O7. The van der Waals surface area contributed by atoms with Gasteiger partial charge in [0.1, 0.15) is 29.1 Å². The number of aromatic nitrogens is 3. The van der Waals surface area contributed by atoms with Gasteiger partial charge in [0, 0.05) is 50.1 Å². The number of hydrogen-bond donors (Lipinski definition) is 0. The number of nitrogens with zero attached hydrogens (tertiary/aromatic N) is 4. The number of esters is 1. The normalized spacial score (nSPS) is 34.1. The molecule has 0 radical (unpaired) electrons. The average Bonchev–Trinajstić information content (AvgIpc) is 3.56. The highest BCUT2D eigenvalue weighted by Crippen LogP contribution is 2.47. The Morgan fingerprint density at radius 3 is 2.27 bits per heavy atom. The Morgan fingerprint density at radius 1 is 0.979 bits per heavy atom. The maximum Gasteiger partial charge on any atom is 0.410 e. The van der Waals surface area contributed by atoms with Crippen LogP contribution >= 0.6 is 0 Å². The van der Waals surface area contributed by atoms with E-state index in [1.165, 1.54) is 0 Å². The van der Waals surface area contributed by atoms with E-state index in [2.05, 4.69) is 30.7 Å². The van der Waals surface area contributed by atoms with Crippen LogP contribution in [0.5, 0.6) is 0 Å². The lowest BCUT2D eigenvalue weighted by atomic mass is 9.61. The summed E-state index contributed by atoms with van der Waals surface area (Å²) in [6.45, 7) is 19.9. The van der Waals surface area contributed by atoms with Gasteiger partial charge in [0.2, 0.25) is 0 Å². The molecule has 9 atom stereocenters. The number of ether oxygens (including phenoxy) is 3. The molecule has 4 heterocycles. The zero-order valence-corrected chi connectivity index (χ0v) is 30.7. The van der Waals surface area contributed by atoms with Crippen molar-refractivity contribution in [1.29, 1.82) is 0 Å². The molecule has 11 nitrogen and oxygen atoms in total. The van der Waals surface area contributed by atoms with E-state index in [4.69, 9.17) is 14.2 Å². The van der Waals surface area contributed by atoms with Crippen LogP contribution < -0.4 is 0 Å². The fourth-order valence-corrected chi connectivity index (χ4v) is 8.98. The number of methoxy groups -OCH3 is 1. The maximum atomic E-state index is 14.4. The summed E-state index contributed by atoms with van der Waals surface area (Å²) in [6.07, 6.45) is 4.17. The fraction of sp³-hybridized carbons (Fsp3) is 0.730. The molecule has 0 saturated carbocycles. The predicted molar refractivity (Wildman–Crippen MR) is 182 cm³/mol. The van der Waals surface area contributed by atoms with E-state index in [1.54, 1.807) is 38.4 Å². The molecular weight excluding hydrogens is 612 g/mol. The highest BCUT2D eigenvalue weighted by atomic mass is 16.6. The Balaban J connectivity index is 1.69. The summed E-state index contributed by atoms with van der Waals surface area (Å²) in [5.41, 5.74) is -0.948. The molecule has 0 unspecified atom stereocenters. The second kappa shape index (κ2) is 14.3. The van der Waals surface area contributed by atoms with Gasteiger partial charge < -0.3 is 23.7 Å². The van der Waals surface area contributed by atoms with Crippen molar-refractivity contribution in [1.82, 2.24) is 19.4 Å². The van der Waals surface area contributed by atoms with Gasteiger partial charge in [-0.25, -0.2) is 14.8 Å². The number of carbonyl (C=O) groups is 4. The number of amides is 1. The number of pyridine rings is 1. The number of hydrogen-bond acceptors (Lipinski definition) is 9. The van der Waals surface area contributed by atoms with Crippen LogP contribution in [0.4, 0.5) is 4.79 Å². The van der Waals surface area contributed by atoms with Crippen LogP contribution in [0.1, 0.15) is 94.9 Å². The van der Waals surface area contributed by atoms with Crippen LogP contribution in [0.3, 0.4) is 0 Å². The van der Waals surface area contributed by atoms with Crippen molar-refractivity contribution in [2.45, 2.75) is 125 Å². The fourth-order valence-electron chi connectivity index (χ4n) is 8.98. The van der Waals surface area contributed by atoms with Crippen LogP contribution in [-0.2, 0) is 35.1 Å². The Kier molecular flexibility index (Phi) is 11.1. The molecule has 0 N–H and O–H groups in total. The van der Waals surface area contributed by atoms with E-state index in [9.17, 15) is 19.2 Å². The van der Waals surface area contributed by atoms with Crippen molar-refractivity contribution in [2.75, 3.05) is 13.7 Å². The van der Waals surface area contributed by atoms with Gasteiger partial charge in [-0.05, 0) is 64.0 Å². The monoisotopic (exact) mass is 668 g/mol. The first-order valence-electron chi connectivity index (χ1n) is 17.5. The third-order valence-electron chi connectivity index (χ3n) is 11.1. The lowest BCUT2D eigenvalue weighted by Gasteiger charge is -2.48. The molecule has 48 heavy (non-hydrogen) atoms. The molecule has 0 spiro atoms. The highest BCUT2D eigenvalue weighted by Gasteiger charge is 2.60. The number of Topliss-reactive ketones (excluding diaryl/α,β-unsaturated/α-hetero) is 2. The molecule has 2 aromatic heterocycles. The molecule has 2 aliphatic rings. The van der Waals surface area contributed by atoms with Crippen molar-refractivity contribution in [2.24, 2.45) is 35.0 Å². The van der Waals surface area contributed by atoms with Crippen LogP contribution in [-0.4, -0.2) is 80.1 Å². The smallest absolute Gasteiger partial charge is 0.410 e. The third-order valence-corrected chi connectivity index (χ3v) is 11.1. The Bertz CT molecular complexity index is 1500. The largest absolute Gasteiger partial charge is 0.458 e. The molecule has 0 aliphatic carbocycles. The van der Waals surface area contributed by atoms with E-state index >= 15 is 0 Å². The summed E-state index contributed by atoms with van der Waals surface area (Å²) in [5.74, 6) is -3.94. The molecule has 2 aromatic rings. The summed E-state index contributed by atoms with van der Waals surface area (Å²) in [5, 5.41) is 0. The van der Waals surface area contributed by atoms with E-state index in [0.717, 1.165) is 17.6 Å². The zero-order valence-electron chi connectivity index (χ0n) is 30.7. The molecule has 2 aliphatic heterocycles. The minimum atomic E-state index is -1.32. The molecule has 2 saturated heterocycles. The van der Waals surface area contributed by atoms with Gasteiger partial charge in [0.25, 0.3) is 0 Å². The molecule has 11 heteroatoms. The summed E-state index contributed by atoms with van der Waals surface area (Å²) in [6, 6.07) is 3.07. The van der Waals surface area contributed by atoms with Crippen LogP contribution in [0.15, 0.2) is 24.7 Å². The van der Waals surface area contributed by atoms with Crippen molar-refractivity contribution in [3.8, 4) is 0 Å². The SMILES string of the molecule is CC[C@H]1OC(=O)[C@H](C)C(=O)[C@H](C)[C@@H](C(C)(C)C)[C@](C)(OC)C[C@@H](C)C(=O)[C@H](C)[C@H]2N(CCCCn3cnc4cccnc43)C(=O)O[C@]12C. The zero-order chi connectivity index (χ0) is 35.8. The molecule has 1 amide bonds. The first kappa shape index (κ1) is 37.5. The van der Waals surface area contributed by atoms with Gasteiger partial charge in [-0.15, -0.1) is 0 Å². The number of aryl methyl sites for hydroxylation is 1. The van der Waals surface area contributed by atoms with Crippen LogP contribution in [0, 0.1) is 35.0 Å². The first-order valence-corrected chi connectivity index (χ1v) is 17.5. The quantitative estimate of drug-likeness (QED) is 0.190. The molecule has 4 rings (SSSR count). The van der Waals surface area contributed by atoms with E-state index < -0.39 is 59.1 Å². The standard InChI is InChI=1S/C37H56N4O7/c1-12-27-37(10)31(41(34(45)48-37)19-14-13-18-40-21-39-26-16-15-17-38-32(26)40)24(4)28(42)22(2)20-36(9,46-11)30(35(6,7)8)23(3)29(43)25(5)33(44)47-27/h15-17,21-25,27,30-31H,12-14,18-20H2,1-11H3/t22-,23+,24+,25-,27-,30+,31-,36-,37-/m1/s1. The first-order chi connectivity index (χ1) is 22.4. The lowest BCUT2D eigenvalue weighted by molar-refractivity contribution is -0.174. The number of unbranched alkanes of at least 4 members (excludes halogenated alkanes) is 1. The van der Waals surface area contributed by atoms with Gasteiger partial charge in [-0.1, -0.05) is 48.5 Å². The molecule has 2 fully saturated rings. The minimum absolute atomic E-state index is 0.0352. The molecule has 0 bridgehead atoms. The topological polar surface area (TPSA) is 130 Å². The number of ketones is 2. The predicted octanol–water partition coefficient (Wildman–Crippen LogP) is 6.27. The van der Waals surface area contributed by atoms with Crippen molar-refractivity contribution in [3.05, 3.63) is 24.7 Å². The Morgan fingerprint density at radius 2 is 1.65 bits per heavy atom. The number of carbonyl (C=O) groups excluding carboxylic acids is 4. The van der Waals surface area contributed by atoms with E-state index in [-0.39, 0.29) is 22.9 Å². The van der Waals surface area contributed by atoms with Gasteiger partial charge in [0.15, 0.2) is 11.2 Å². The number of fused-ring (bicyclic) bond motifs is 2. The lowest BCUT2D eigenvalue weighted by Crippen LogP contribution is -2.58. The summed E-state index contributed by atoms with van der Waals surface area (Å²) >= 11 is 0. The summed E-state index contributed by atoms with van der Waals surface area (Å²) in [4.78, 5) is 66.3. The summed E-state index contributed by atoms with van der Waals surface area (Å²) < 4.78 is 20.4. The third kappa shape index (κ3) is 7.03. The number of imidazole rings is 1. The highest BCUT2D eigenvalue weighted by molar-refractivity contribution is 6.00. The van der Waals surface area contributed by atoms with Gasteiger partial charge >= 0.3 is 12.1 Å². The second-order valence-electron chi connectivity index (χ2n) is 15.6. The van der Waals surface area contributed by atoms with Crippen LogP contribution in [0.2, 0.25) is 0 Å². The summed E-state index contributed by atoms with van der Waals surface area (Å²) in [7, 11) is 1.62. The van der Waals surface area contributed by atoms with Gasteiger partial charge in [0.05, 0.1) is 18.0 Å². The van der Waals surface area contributed by atoms with E-state index in [1.807, 2.05) is 51.3 Å². The Labute approximate surface area is 285 Å². The molecule has 0 aromatic carbocycles. The number of cyclic esters (lactones) is 1. The van der Waals surface area contributed by atoms with Crippen molar-refractivity contribution in [3.63, 3.8) is 0 Å². The average molecular weight is 669 g/mol.